The molecule has 0 spiro atoms. The fourth-order valence-corrected chi connectivity index (χ4v) is 2.00. The number of hydrogen-bond acceptors (Lipinski definition) is 4. The Kier molecular flexibility index (Phi) is 3.07. The Morgan fingerprint density at radius 3 is 2.75 bits per heavy atom. The van der Waals surface area contributed by atoms with Crippen molar-refractivity contribution in [3.8, 4) is 11.4 Å². The second kappa shape index (κ2) is 4.35. The van der Waals surface area contributed by atoms with E-state index in [4.69, 9.17) is 10.3 Å². The van der Waals surface area contributed by atoms with Gasteiger partial charge in [-0.1, -0.05) is 27.2 Å². The van der Waals surface area contributed by atoms with Gasteiger partial charge < -0.3 is 10.3 Å². The molecule has 5 heteroatoms. The van der Waals surface area contributed by atoms with Crippen molar-refractivity contribution >= 4 is 15.9 Å². The lowest BCUT2D eigenvalue weighted by Gasteiger charge is -2.00. The van der Waals surface area contributed by atoms with Crippen LogP contribution < -0.4 is 5.73 Å². The fraction of sp³-hybridized carbons (Fsp3) is 0.273. The number of aryl methyl sites for hydroxylation is 1. The molecule has 2 rings (SSSR count). The highest BCUT2D eigenvalue weighted by atomic mass is 79.9. The average Bonchev–Trinajstić information content (AvgIpc) is 2.66. The molecule has 1 aromatic heterocycles. The van der Waals surface area contributed by atoms with E-state index in [1.807, 2.05) is 32.0 Å². The van der Waals surface area contributed by atoms with Gasteiger partial charge in [0.05, 0.1) is 6.04 Å². The van der Waals surface area contributed by atoms with Crippen molar-refractivity contribution in [3.63, 3.8) is 0 Å². The van der Waals surface area contributed by atoms with Crippen molar-refractivity contribution in [2.45, 2.75) is 19.9 Å². The molecule has 1 heterocycles. The number of rotatable bonds is 2. The van der Waals surface area contributed by atoms with Crippen LogP contribution in [-0.2, 0) is 0 Å². The number of aromatic nitrogens is 2. The van der Waals surface area contributed by atoms with Crippen LogP contribution in [0.4, 0.5) is 0 Å². The Bertz CT molecular complexity index is 508. The van der Waals surface area contributed by atoms with Crippen molar-refractivity contribution in [1.82, 2.24) is 10.1 Å². The molecular formula is C11H12BrN3O. The van der Waals surface area contributed by atoms with Crippen molar-refractivity contribution in [3.05, 3.63) is 34.1 Å². The van der Waals surface area contributed by atoms with Gasteiger partial charge in [0, 0.05) is 10.0 Å². The van der Waals surface area contributed by atoms with Gasteiger partial charge >= 0.3 is 0 Å². The molecular weight excluding hydrogens is 270 g/mol. The summed E-state index contributed by atoms with van der Waals surface area (Å²) in [5.41, 5.74) is 7.74. The predicted octanol–water partition coefficient (Wildman–Crippen LogP) is 2.83. The van der Waals surface area contributed by atoms with E-state index in [0.717, 1.165) is 10.0 Å². The summed E-state index contributed by atoms with van der Waals surface area (Å²) in [6.45, 7) is 3.83. The molecule has 0 amide bonds. The van der Waals surface area contributed by atoms with Crippen LogP contribution in [0.1, 0.15) is 24.4 Å². The summed E-state index contributed by atoms with van der Waals surface area (Å²) in [7, 11) is 0. The minimum atomic E-state index is -0.245. The highest BCUT2D eigenvalue weighted by Crippen LogP contribution is 2.27. The molecule has 0 bridgehead atoms. The number of hydrogen-bond donors (Lipinski definition) is 1. The highest BCUT2D eigenvalue weighted by Gasteiger charge is 2.13. The normalized spacial score (nSPS) is 12.8. The molecule has 0 aliphatic carbocycles. The smallest absolute Gasteiger partial charge is 0.243 e. The van der Waals surface area contributed by atoms with Crippen LogP contribution in [0.5, 0.6) is 0 Å². The molecule has 1 aromatic carbocycles. The predicted molar refractivity (Wildman–Crippen MR) is 64.8 cm³/mol. The van der Waals surface area contributed by atoms with Crippen molar-refractivity contribution in [2.75, 3.05) is 0 Å². The van der Waals surface area contributed by atoms with E-state index >= 15 is 0 Å². The lowest BCUT2D eigenvalue weighted by molar-refractivity contribution is 0.362. The molecule has 0 fully saturated rings. The van der Waals surface area contributed by atoms with E-state index < -0.39 is 0 Å². The topological polar surface area (TPSA) is 64.9 Å². The molecule has 0 aliphatic rings. The zero-order chi connectivity index (χ0) is 11.7. The maximum atomic E-state index is 5.66. The van der Waals surface area contributed by atoms with E-state index in [2.05, 4.69) is 26.1 Å². The van der Waals surface area contributed by atoms with Crippen molar-refractivity contribution < 1.29 is 4.52 Å². The maximum absolute atomic E-state index is 5.66. The molecule has 0 saturated carbocycles. The molecule has 0 saturated heterocycles. The molecule has 4 nitrogen and oxygen atoms in total. The second-order valence-electron chi connectivity index (χ2n) is 3.73. The van der Waals surface area contributed by atoms with Gasteiger partial charge in [-0.3, -0.25) is 0 Å². The van der Waals surface area contributed by atoms with E-state index in [9.17, 15) is 0 Å². The standard InChI is InChI=1S/C11H12BrN3O/c1-6-3-4-8(9(12)5-6)10-14-11(7(2)13)16-15-10/h3-5,7H,13H2,1-2H3. The molecule has 0 aliphatic heterocycles. The summed E-state index contributed by atoms with van der Waals surface area (Å²) >= 11 is 3.48. The van der Waals surface area contributed by atoms with E-state index in [0.29, 0.717) is 11.7 Å². The van der Waals surface area contributed by atoms with Crippen molar-refractivity contribution in [1.29, 1.82) is 0 Å². The van der Waals surface area contributed by atoms with Gasteiger partial charge in [0.25, 0.3) is 0 Å². The van der Waals surface area contributed by atoms with Crippen LogP contribution in [0.25, 0.3) is 11.4 Å². The SMILES string of the molecule is Cc1ccc(-c2noc(C(C)N)n2)c(Br)c1. The van der Waals surface area contributed by atoms with Crippen LogP contribution in [0.3, 0.4) is 0 Å². The first kappa shape index (κ1) is 11.3. The molecule has 0 radical (unpaired) electrons. The lowest BCUT2D eigenvalue weighted by Crippen LogP contribution is -2.04. The summed E-state index contributed by atoms with van der Waals surface area (Å²) in [5.74, 6) is 1.00. The zero-order valence-corrected chi connectivity index (χ0v) is 10.7. The van der Waals surface area contributed by atoms with Crippen LogP contribution in [0.2, 0.25) is 0 Å². The van der Waals surface area contributed by atoms with Gasteiger partial charge in [0.15, 0.2) is 0 Å². The highest BCUT2D eigenvalue weighted by molar-refractivity contribution is 9.10. The first-order chi connectivity index (χ1) is 7.58. The Labute approximate surface area is 102 Å². The average molecular weight is 282 g/mol. The van der Waals surface area contributed by atoms with E-state index in [1.54, 1.807) is 0 Å². The van der Waals surface area contributed by atoms with Gasteiger partial charge in [-0.05, 0) is 31.5 Å². The van der Waals surface area contributed by atoms with Crippen LogP contribution >= 0.6 is 15.9 Å². The lowest BCUT2D eigenvalue weighted by atomic mass is 10.1. The molecule has 1 atom stereocenters. The monoisotopic (exact) mass is 281 g/mol. The summed E-state index contributed by atoms with van der Waals surface area (Å²) in [5, 5.41) is 3.90. The largest absolute Gasteiger partial charge is 0.337 e. The molecule has 1 unspecified atom stereocenters. The number of nitrogens with zero attached hydrogens (tertiary/aromatic N) is 2. The first-order valence-corrected chi connectivity index (χ1v) is 5.73. The van der Waals surface area contributed by atoms with Crippen LogP contribution in [0, 0.1) is 6.92 Å². The number of nitrogens with two attached hydrogens (primary N) is 1. The summed E-state index contributed by atoms with van der Waals surface area (Å²) < 4.78 is 6.01. The summed E-state index contributed by atoms with van der Waals surface area (Å²) in [4.78, 5) is 4.24. The third-order valence-electron chi connectivity index (χ3n) is 2.20. The third-order valence-corrected chi connectivity index (χ3v) is 2.85. The Morgan fingerprint density at radius 2 is 2.19 bits per heavy atom. The second-order valence-corrected chi connectivity index (χ2v) is 4.58. The quantitative estimate of drug-likeness (QED) is 0.919. The molecule has 2 N–H and O–H groups in total. The van der Waals surface area contributed by atoms with E-state index in [-0.39, 0.29) is 6.04 Å². The minimum Gasteiger partial charge on any atom is -0.337 e. The Balaban J connectivity index is 2.42. The summed E-state index contributed by atoms with van der Waals surface area (Å²) in [6.07, 6.45) is 0. The summed E-state index contributed by atoms with van der Waals surface area (Å²) in [6, 6.07) is 5.72. The Morgan fingerprint density at radius 1 is 1.44 bits per heavy atom. The van der Waals surface area contributed by atoms with E-state index in [1.165, 1.54) is 5.56 Å². The van der Waals surface area contributed by atoms with Gasteiger partial charge in [-0.2, -0.15) is 4.98 Å². The fourth-order valence-electron chi connectivity index (χ4n) is 1.33. The zero-order valence-electron chi connectivity index (χ0n) is 9.07. The van der Waals surface area contributed by atoms with Crippen LogP contribution in [-0.4, -0.2) is 10.1 Å². The molecule has 84 valence electrons. The third kappa shape index (κ3) is 2.15. The maximum Gasteiger partial charge on any atom is 0.243 e. The first-order valence-electron chi connectivity index (χ1n) is 4.93. The molecule has 16 heavy (non-hydrogen) atoms. The van der Waals surface area contributed by atoms with Gasteiger partial charge in [-0.15, -0.1) is 0 Å². The minimum absolute atomic E-state index is 0.245. The van der Waals surface area contributed by atoms with Crippen molar-refractivity contribution in [2.24, 2.45) is 5.73 Å². The molecule has 2 aromatic rings. The van der Waals surface area contributed by atoms with Gasteiger partial charge in [-0.25, -0.2) is 0 Å². The van der Waals surface area contributed by atoms with Crippen LogP contribution in [0.15, 0.2) is 27.2 Å². The Hall–Kier alpha value is -1.20. The number of benzene rings is 1. The van der Waals surface area contributed by atoms with Gasteiger partial charge in [0.1, 0.15) is 0 Å². The number of halogens is 1. The van der Waals surface area contributed by atoms with Gasteiger partial charge in [0.2, 0.25) is 11.7 Å².